The molecule has 0 fully saturated rings. The Hall–Kier alpha value is -2.63. The summed E-state index contributed by atoms with van der Waals surface area (Å²) in [6, 6.07) is 0. The summed E-state index contributed by atoms with van der Waals surface area (Å²) in [6.07, 6.45) is 62.4. The van der Waals surface area contributed by atoms with Crippen molar-refractivity contribution in [2.24, 2.45) is 0 Å². The van der Waals surface area contributed by atoms with Crippen LogP contribution in [0.25, 0.3) is 0 Å². The Morgan fingerprint density at radius 1 is 0.317 bits per heavy atom. The molecule has 6 nitrogen and oxygen atoms in total. The zero-order valence-electron chi connectivity index (χ0n) is 41.8. The summed E-state index contributed by atoms with van der Waals surface area (Å²) in [5.74, 6) is -0.888. The van der Waals surface area contributed by atoms with E-state index in [1.165, 1.54) is 148 Å². The molecule has 0 aliphatic heterocycles. The quantitative estimate of drug-likeness (QED) is 0.0262. The molecule has 0 aromatic carbocycles. The molecule has 0 aromatic rings. The van der Waals surface area contributed by atoms with Gasteiger partial charge in [0, 0.05) is 19.3 Å². The van der Waals surface area contributed by atoms with Crippen molar-refractivity contribution in [1.82, 2.24) is 0 Å². The molecule has 0 aliphatic rings. The Labute approximate surface area is 390 Å². The first-order chi connectivity index (χ1) is 31.0. The number of hydrogen-bond acceptors (Lipinski definition) is 6. The number of hydrogen-bond donors (Lipinski definition) is 0. The van der Waals surface area contributed by atoms with Crippen LogP contribution >= 0.6 is 0 Å². The van der Waals surface area contributed by atoms with E-state index < -0.39 is 6.10 Å². The SMILES string of the molecule is CCCCC/C=C\CCCCCCCC(=O)OC(COC(=O)CCCCCCCCCC/C=C\C/C=C\C/C=C\CCCCCCC)COC(=O)CCCCCCCCCCCC. The summed E-state index contributed by atoms with van der Waals surface area (Å²) in [5, 5.41) is 0. The van der Waals surface area contributed by atoms with Crippen LogP contribution in [0.1, 0.15) is 278 Å². The lowest BCUT2D eigenvalue weighted by Crippen LogP contribution is -2.30. The lowest BCUT2D eigenvalue weighted by molar-refractivity contribution is -0.167. The largest absolute Gasteiger partial charge is 0.462 e. The third-order valence-corrected chi connectivity index (χ3v) is 11.8. The lowest BCUT2D eigenvalue weighted by atomic mass is 10.1. The molecule has 0 rings (SSSR count). The molecule has 366 valence electrons. The van der Waals surface area contributed by atoms with Crippen LogP contribution in [0.2, 0.25) is 0 Å². The van der Waals surface area contributed by atoms with Gasteiger partial charge in [-0.15, -0.1) is 0 Å². The molecule has 0 amide bonds. The molecule has 1 unspecified atom stereocenters. The molecular weight excluding hydrogens is 781 g/mol. The lowest BCUT2D eigenvalue weighted by Gasteiger charge is -2.18. The van der Waals surface area contributed by atoms with Crippen LogP contribution in [0.4, 0.5) is 0 Å². The van der Waals surface area contributed by atoms with Crippen molar-refractivity contribution in [2.75, 3.05) is 13.2 Å². The predicted octanol–water partition coefficient (Wildman–Crippen LogP) is 17.9. The molecule has 0 radical (unpaired) electrons. The highest BCUT2D eigenvalue weighted by atomic mass is 16.6. The second-order valence-electron chi connectivity index (χ2n) is 18.1. The second kappa shape index (κ2) is 52.0. The Morgan fingerprint density at radius 2 is 0.571 bits per heavy atom. The van der Waals surface area contributed by atoms with Gasteiger partial charge >= 0.3 is 17.9 Å². The summed E-state index contributed by atoms with van der Waals surface area (Å²) >= 11 is 0. The third kappa shape index (κ3) is 50.2. The number of allylic oxidation sites excluding steroid dienone is 8. The van der Waals surface area contributed by atoms with Crippen molar-refractivity contribution < 1.29 is 28.6 Å². The Bertz CT molecular complexity index is 1110. The molecule has 0 spiro atoms. The van der Waals surface area contributed by atoms with E-state index in [1.807, 2.05) is 0 Å². The van der Waals surface area contributed by atoms with Crippen molar-refractivity contribution in [2.45, 2.75) is 284 Å². The highest BCUT2D eigenvalue weighted by Gasteiger charge is 2.19. The minimum atomic E-state index is -0.776. The molecule has 0 aliphatic carbocycles. The first-order valence-corrected chi connectivity index (χ1v) is 27.1. The topological polar surface area (TPSA) is 78.9 Å². The third-order valence-electron chi connectivity index (χ3n) is 11.8. The van der Waals surface area contributed by atoms with Gasteiger partial charge in [0.2, 0.25) is 0 Å². The van der Waals surface area contributed by atoms with Crippen molar-refractivity contribution >= 4 is 17.9 Å². The van der Waals surface area contributed by atoms with Gasteiger partial charge in [0.25, 0.3) is 0 Å². The van der Waals surface area contributed by atoms with E-state index in [0.717, 1.165) is 89.9 Å². The minimum absolute atomic E-state index is 0.0767. The number of esters is 3. The summed E-state index contributed by atoms with van der Waals surface area (Å²) < 4.78 is 16.8. The average Bonchev–Trinajstić information content (AvgIpc) is 3.28. The Balaban J connectivity index is 4.26. The first-order valence-electron chi connectivity index (χ1n) is 27.1. The van der Waals surface area contributed by atoms with Crippen LogP contribution in [0.15, 0.2) is 48.6 Å². The molecule has 0 aromatic heterocycles. The fraction of sp³-hybridized carbons (Fsp3) is 0.807. The summed E-state index contributed by atoms with van der Waals surface area (Å²) in [7, 11) is 0. The van der Waals surface area contributed by atoms with E-state index in [2.05, 4.69) is 69.4 Å². The summed E-state index contributed by atoms with van der Waals surface area (Å²) in [6.45, 7) is 6.59. The average molecular weight is 883 g/mol. The normalized spacial score (nSPS) is 12.4. The monoisotopic (exact) mass is 883 g/mol. The Kier molecular flexibility index (Phi) is 49.8. The van der Waals surface area contributed by atoms with Gasteiger partial charge in [-0.1, -0.05) is 223 Å². The maximum atomic E-state index is 12.8. The van der Waals surface area contributed by atoms with Gasteiger partial charge in [-0.25, -0.2) is 0 Å². The number of carbonyl (C=O) groups is 3. The Morgan fingerprint density at radius 3 is 0.937 bits per heavy atom. The molecule has 0 N–H and O–H groups in total. The number of carbonyl (C=O) groups excluding carboxylic acids is 3. The number of unbranched alkanes of at least 4 members (excludes halogenated alkanes) is 30. The van der Waals surface area contributed by atoms with Gasteiger partial charge in [-0.05, 0) is 83.5 Å². The van der Waals surface area contributed by atoms with Crippen molar-refractivity contribution in [3.05, 3.63) is 48.6 Å². The molecule has 0 heterocycles. The van der Waals surface area contributed by atoms with Gasteiger partial charge in [0.05, 0.1) is 0 Å². The van der Waals surface area contributed by atoms with E-state index in [-0.39, 0.29) is 31.1 Å². The van der Waals surface area contributed by atoms with E-state index >= 15 is 0 Å². The van der Waals surface area contributed by atoms with Gasteiger partial charge < -0.3 is 14.2 Å². The maximum absolute atomic E-state index is 12.8. The molecule has 0 bridgehead atoms. The molecule has 0 saturated carbocycles. The van der Waals surface area contributed by atoms with Crippen molar-refractivity contribution in [3.8, 4) is 0 Å². The van der Waals surface area contributed by atoms with Crippen LogP contribution in [0, 0.1) is 0 Å². The van der Waals surface area contributed by atoms with Crippen LogP contribution in [-0.2, 0) is 28.6 Å². The highest BCUT2D eigenvalue weighted by Crippen LogP contribution is 2.15. The standard InChI is InChI=1S/C57H102O6/c1-4-7-10-13-16-19-22-24-25-26-27-28-29-30-31-32-33-34-36-38-41-44-47-50-56(59)62-53-54(52-61-55(58)49-46-43-40-37-21-18-15-12-9-6-3)63-57(60)51-48-45-42-39-35-23-20-17-14-11-8-5-2/h17,20,22,24,26-27,29-30,54H,4-16,18-19,21,23,25,28,31-53H2,1-3H3/b20-17-,24-22-,27-26-,30-29-. The van der Waals surface area contributed by atoms with E-state index in [4.69, 9.17) is 14.2 Å². The van der Waals surface area contributed by atoms with Gasteiger partial charge in [0.1, 0.15) is 13.2 Å². The van der Waals surface area contributed by atoms with Crippen LogP contribution in [0.3, 0.4) is 0 Å². The van der Waals surface area contributed by atoms with E-state index in [9.17, 15) is 14.4 Å². The fourth-order valence-electron chi connectivity index (χ4n) is 7.68. The van der Waals surface area contributed by atoms with Gasteiger partial charge in [0.15, 0.2) is 6.10 Å². The zero-order chi connectivity index (χ0) is 45.8. The van der Waals surface area contributed by atoms with E-state index in [1.54, 1.807) is 0 Å². The summed E-state index contributed by atoms with van der Waals surface area (Å²) in [5.41, 5.74) is 0. The molecule has 1 atom stereocenters. The molecular formula is C57H102O6. The smallest absolute Gasteiger partial charge is 0.306 e. The number of rotatable bonds is 49. The van der Waals surface area contributed by atoms with Crippen LogP contribution < -0.4 is 0 Å². The van der Waals surface area contributed by atoms with Crippen LogP contribution in [-0.4, -0.2) is 37.2 Å². The second-order valence-corrected chi connectivity index (χ2v) is 18.1. The van der Waals surface area contributed by atoms with Crippen molar-refractivity contribution in [3.63, 3.8) is 0 Å². The molecule has 0 saturated heterocycles. The highest BCUT2D eigenvalue weighted by molar-refractivity contribution is 5.71. The minimum Gasteiger partial charge on any atom is -0.462 e. The molecule has 63 heavy (non-hydrogen) atoms. The van der Waals surface area contributed by atoms with E-state index in [0.29, 0.717) is 19.3 Å². The van der Waals surface area contributed by atoms with Gasteiger partial charge in [-0.3, -0.25) is 14.4 Å². The first kappa shape index (κ1) is 60.4. The van der Waals surface area contributed by atoms with Crippen molar-refractivity contribution in [1.29, 1.82) is 0 Å². The predicted molar refractivity (Wildman–Crippen MR) is 270 cm³/mol. The zero-order valence-corrected chi connectivity index (χ0v) is 41.8. The van der Waals surface area contributed by atoms with Crippen LogP contribution in [0.5, 0.6) is 0 Å². The van der Waals surface area contributed by atoms with Gasteiger partial charge in [-0.2, -0.15) is 0 Å². The summed E-state index contributed by atoms with van der Waals surface area (Å²) in [4.78, 5) is 37.9. The molecule has 6 heteroatoms. The fourth-order valence-corrected chi connectivity index (χ4v) is 7.68. The number of ether oxygens (including phenoxy) is 3. The maximum Gasteiger partial charge on any atom is 0.306 e.